The molecule has 4 heterocycles. The molecule has 0 spiro atoms. The lowest BCUT2D eigenvalue weighted by molar-refractivity contribution is 0.662. The van der Waals surface area contributed by atoms with Gasteiger partial charge in [0.05, 0.1) is 0 Å². The second-order valence-corrected chi connectivity index (χ2v) is 18.9. The van der Waals surface area contributed by atoms with Crippen molar-refractivity contribution in [2.24, 2.45) is 0 Å². The maximum atomic E-state index is 6.60. The Morgan fingerprint density at radius 1 is 0.364 bits per heavy atom. The number of benzene rings is 9. The average Bonchev–Trinajstić information content (AvgIpc) is 4.11. The van der Waals surface area contributed by atoms with E-state index in [0.29, 0.717) is 17.5 Å². The van der Waals surface area contributed by atoms with Crippen LogP contribution in [0.5, 0.6) is 0 Å². The Morgan fingerprint density at radius 3 is 1.77 bits per heavy atom. The maximum absolute atomic E-state index is 6.60. The number of para-hydroxylation sites is 1. The summed E-state index contributed by atoms with van der Waals surface area (Å²) in [5, 5.41) is 6.37. The van der Waals surface area contributed by atoms with Gasteiger partial charge < -0.3 is 8.83 Å². The summed E-state index contributed by atoms with van der Waals surface area (Å²) in [5.41, 5.74) is 16.0. The van der Waals surface area contributed by atoms with E-state index in [-0.39, 0.29) is 5.41 Å². The Balaban J connectivity index is 0.926. The van der Waals surface area contributed by atoms with Gasteiger partial charge >= 0.3 is 0 Å². The zero-order valence-corrected chi connectivity index (χ0v) is 36.8. The predicted octanol–water partition coefficient (Wildman–Crippen LogP) is 16.7. The molecule has 310 valence electrons. The molecule has 6 heteroatoms. The molecule has 9 aromatic carbocycles. The normalized spacial score (nSPS) is 13.1. The van der Waals surface area contributed by atoms with Gasteiger partial charge in [-0.3, -0.25) is 0 Å². The largest absolute Gasteiger partial charge is 0.456 e. The Kier molecular flexibility index (Phi) is 7.84. The average molecular weight is 864 g/mol. The summed E-state index contributed by atoms with van der Waals surface area (Å²) in [6.07, 6.45) is 0. The van der Waals surface area contributed by atoms with Crippen LogP contribution in [0.3, 0.4) is 0 Å². The van der Waals surface area contributed by atoms with Gasteiger partial charge in [0, 0.05) is 63.8 Å². The van der Waals surface area contributed by atoms with Crippen molar-refractivity contribution in [1.29, 1.82) is 0 Å². The molecule has 0 atom stereocenters. The van der Waals surface area contributed by atoms with E-state index in [1.54, 1.807) is 11.3 Å². The first kappa shape index (κ1) is 37.2. The van der Waals surface area contributed by atoms with Gasteiger partial charge in [-0.05, 0) is 99.1 Å². The van der Waals surface area contributed by atoms with Crippen LogP contribution in [0.25, 0.3) is 132 Å². The second-order valence-electron chi connectivity index (χ2n) is 17.9. The van der Waals surface area contributed by atoms with Crippen LogP contribution in [0, 0.1) is 0 Å². The Labute approximate surface area is 383 Å². The third-order valence-electron chi connectivity index (χ3n) is 13.8. The van der Waals surface area contributed by atoms with Gasteiger partial charge in [0.1, 0.15) is 22.3 Å². The number of aromatic nitrogens is 3. The molecule has 0 saturated heterocycles. The molecule has 0 aliphatic heterocycles. The lowest BCUT2D eigenvalue weighted by Gasteiger charge is -2.24. The number of rotatable bonds is 5. The van der Waals surface area contributed by atoms with Crippen molar-refractivity contribution < 1.29 is 8.83 Å². The Bertz CT molecular complexity index is 4150. The lowest BCUT2D eigenvalue weighted by atomic mass is 9.79. The minimum atomic E-state index is -0.0970. The van der Waals surface area contributed by atoms with E-state index in [9.17, 15) is 0 Å². The van der Waals surface area contributed by atoms with Crippen LogP contribution in [0.1, 0.15) is 25.0 Å². The van der Waals surface area contributed by atoms with Crippen LogP contribution in [0.15, 0.2) is 197 Å². The molecule has 1 aliphatic carbocycles. The molecular formula is C60H37N3O2S. The van der Waals surface area contributed by atoms with Crippen LogP contribution in [0.4, 0.5) is 0 Å². The molecule has 0 N–H and O–H groups in total. The van der Waals surface area contributed by atoms with Crippen molar-refractivity contribution in [2.45, 2.75) is 19.3 Å². The van der Waals surface area contributed by atoms with E-state index in [1.165, 1.54) is 48.2 Å². The first-order chi connectivity index (χ1) is 32.4. The van der Waals surface area contributed by atoms with Crippen molar-refractivity contribution in [3.05, 3.63) is 199 Å². The van der Waals surface area contributed by atoms with E-state index in [2.05, 4.69) is 159 Å². The van der Waals surface area contributed by atoms with E-state index in [4.69, 9.17) is 23.8 Å². The van der Waals surface area contributed by atoms with Crippen LogP contribution in [-0.4, -0.2) is 15.0 Å². The van der Waals surface area contributed by atoms with Crippen LogP contribution in [-0.2, 0) is 5.41 Å². The monoisotopic (exact) mass is 863 g/mol. The summed E-state index contributed by atoms with van der Waals surface area (Å²) in [4.78, 5) is 16.0. The minimum absolute atomic E-state index is 0.0970. The number of thiophene rings is 1. The van der Waals surface area contributed by atoms with E-state index in [0.717, 1.165) is 77.1 Å². The minimum Gasteiger partial charge on any atom is -0.456 e. The summed E-state index contributed by atoms with van der Waals surface area (Å²) in [7, 11) is 0. The molecule has 66 heavy (non-hydrogen) atoms. The summed E-state index contributed by atoms with van der Waals surface area (Å²) < 4.78 is 15.2. The molecule has 0 fully saturated rings. The van der Waals surface area contributed by atoms with Gasteiger partial charge in [-0.25, -0.2) is 15.0 Å². The standard InChI is InChI=1S/C60H37N3O2S/c1-60(2)47-19-6-3-12-39(47)41-16-9-15-38(56(41)60)35-26-24-34(25-27-35)36-28-30-50-46(32-36)54-43(17-10-21-51(54)65-50)58-61-57(37-29-31-49-45(33-37)40-13-4-7-20-48(40)64-49)62-59(63-58)44-18-11-23-53-55(44)42-14-5-8-22-52(42)66-53/h3-33H,1-2H3. The molecular weight excluding hydrogens is 827 g/mol. The number of hydrogen-bond donors (Lipinski definition) is 0. The first-order valence-corrected chi connectivity index (χ1v) is 23.1. The number of furan rings is 2. The van der Waals surface area contributed by atoms with Gasteiger partial charge in [-0.15, -0.1) is 11.3 Å². The highest BCUT2D eigenvalue weighted by Crippen LogP contribution is 2.52. The molecule has 0 saturated carbocycles. The fourth-order valence-corrected chi connectivity index (χ4v) is 11.8. The predicted molar refractivity (Wildman–Crippen MR) is 272 cm³/mol. The Morgan fingerprint density at radius 2 is 0.909 bits per heavy atom. The summed E-state index contributed by atoms with van der Waals surface area (Å²) in [6.45, 7) is 4.70. The molecule has 4 aromatic heterocycles. The number of fused-ring (bicyclic) bond motifs is 12. The first-order valence-electron chi connectivity index (χ1n) is 22.3. The molecule has 1 aliphatic rings. The third-order valence-corrected chi connectivity index (χ3v) is 14.9. The smallest absolute Gasteiger partial charge is 0.164 e. The number of nitrogens with zero attached hydrogens (tertiary/aromatic N) is 3. The van der Waals surface area contributed by atoms with Crippen molar-refractivity contribution in [3.63, 3.8) is 0 Å². The highest BCUT2D eigenvalue weighted by molar-refractivity contribution is 7.25. The maximum Gasteiger partial charge on any atom is 0.164 e. The fourth-order valence-electron chi connectivity index (χ4n) is 10.7. The molecule has 0 amide bonds. The van der Waals surface area contributed by atoms with E-state index < -0.39 is 0 Å². The second kappa shape index (κ2) is 13.9. The molecule has 0 unspecified atom stereocenters. The zero-order chi connectivity index (χ0) is 43.7. The highest BCUT2D eigenvalue weighted by Gasteiger charge is 2.37. The van der Waals surface area contributed by atoms with Crippen LogP contribution in [0.2, 0.25) is 0 Å². The topological polar surface area (TPSA) is 65.0 Å². The molecule has 5 nitrogen and oxygen atoms in total. The van der Waals surface area contributed by atoms with Gasteiger partial charge in [0.15, 0.2) is 17.5 Å². The summed E-state index contributed by atoms with van der Waals surface area (Å²) >= 11 is 1.79. The van der Waals surface area contributed by atoms with Gasteiger partial charge in [-0.1, -0.05) is 147 Å². The van der Waals surface area contributed by atoms with Crippen LogP contribution < -0.4 is 0 Å². The fraction of sp³-hybridized carbons (Fsp3) is 0.0500. The van der Waals surface area contributed by atoms with Crippen molar-refractivity contribution in [2.75, 3.05) is 0 Å². The summed E-state index contributed by atoms with van der Waals surface area (Å²) in [6, 6.07) is 66.6. The third kappa shape index (κ3) is 5.49. The van der Waals surface area contributed by atoms with Gasteiger partial charge in [0.2, 0.25) is 0 Å². The highest BCUT2D eigenvalue weighted by atomic mass is 32.1. The quantitative estimate of drug-likeness (QED) is 0.172. The molecule has 14 rings (SSSR count). The van der Waals surface area contributed by atoms with E-state index >= 15 is 0 Å². The van der Waals surface area contributed by atoms with Crippen LogP contribution >= 0.6 is 11.3 Å². The zero-order valence-electron chi connectivity index (χ0n) is 36.0. The lowest BCUT2D eigenvalue weighted by Crippen LogP contribution is -2.16. The molecule has 13 aromatic rings. The summed E-state index contributed by atoms with van der Waals surface area (Å²) in [5.74, 6) is 1.77. The van der Waals surface area contributed by atoms with Gasteiger partial charge in [-0.2, -0.15) is 0 Å². The van der Waals surface area contributed by atoms with Gasteiger partial charge in [0.25, 0.3) is 0 Å². The van der Waals surface area contributed by atoms with Crippen molar-refractivity contribution in [3.8, 4) is 67.5 Å². The SMILES string of the molecule is CC1(C)c2ccccc2-c2cccc(-c3ccc(-c4ccc5oc6cccc(-c7nc(-c8ccc9oc%10ccccc%10c9c8)nc(-c8cccc9sc%10ccccc%10c89)n7)c6c5c4)cc3)c21. The Hall–Kier alpha value is -8.19. The molecule has 0 radical (unpaired) electrons. The van der Waals surface area contributed by atoms with E-state index in [1.807, 2.05) is 42.5 Å². The van der Waals surface area contributed by atoms with Crippen molar-refractivity contribution >= 4 is 75.4 Å². The number of hydrogen-bond acceptors (Lipinski definition) is 6. The van der Waals surface area contributed by atoms with Crippen molar-refractivity contribution in [1.82, 2.24) is 15.0 Å². The molecule has 0 bridgehead atoms.